The van der Waals surface area contributed by atoms with Crippen LogP contribution < -0.4 is 4.74 Å². The van der Waals surface area contributed by atoms with Gasteiger partial charge in [-0.1, -0.05) is 11.8 Å². The molecule has 0 N–H and O–H groups in total. The summed E-state index contributed by atoms with van der Waals surface area (Å²) in [5.74, 6) is 5.76. The second kappa shape index (κ2) is 6.46. The number of carbonyl (C=O) groups is 1. The fourth-order valence-corrected chi connectivity index (χ4v) is 1.01. The van der Waals surface area contributed by atoms with Crippen LogP contribution in [0, 0.1) is 11.8 Å². The second-order valence-electron chi connectivity index (χ2n) is 2.87. The first-order valence-corrected chi connectivity index (χ1v) is 4.90. The summed E-state index contributed by atoms with van der Waals surface area (Å²) in [4.78, 5) is 15.0. The molecule has 0 amide bonds. The molecule has 0 aliphatic heterocycles. The fraction of sp³-hybridized carbons (Fsp3) is 0.333. The van der Waals surface area contributed by atoms with Crippen molar-refractivity contribution in [1.82, 2.24) is 4.98 Å². The molecule has 0 fully saturated rings. The summed E-state index contributed by atoms with van der Waals surface area (Å²) in [7, 11) is 1.55. The molecule has 0 spiro atoms. The normalized spacial score (nSPS) is 8.88. The zero-order chi connectivity index (χ0) is 11.8. The molecule has 0 saturated carbocycles. The highest BCUT2D eigenvalue weighted by atomic mass is 16.5. The van der Waals surface area contributed by atoms with Gasteiger partial charge in [0.25, 0.3) is 0 Å². The smallest absolute Gasteiger partial charge is 0.317 e. The highest BCUT2D eigenvalue weighted by Gasteiger charge is 1.96. The van der Waals surface area contributed by atoms with Gasteiger partial charge in [-0.3, -0.25) is 4.79 Å². The van der Waals surface area contributed by atoms with Crippen LogP contribution in [0.25, 0.3) is 0 Å². The van der Waals surface area contributed by atoms with Crippen molar-refractivity contribution in [3.05, 3.63) is 23.9 Å². The number of nitrogens with zero attached hydrogens (tertiary/aromatic N) is 1. The van der Waals surface area contributed by atoms with E-state index in [1.807, 2.05) is 0 Å². The number of hydrogen-bond acceptors (Lipinski definition) is 4. The number of ether oxygens (including phenoxy) is 2. The van der Waals surface area contributed by atoms with Gasteiger partial charge in [-0.05, 0) is 13.0 Å². The number of pyridine rings is 1. The van der Waals surface area contributed by atoms with E-state index in [0.717, 1.165) is 5.56 Å². The van der Waals surface area contributed by atoms with Crippen LogP contribution in [-0.2, 0) is 9.53 Å². The Morgan fingerprint density at radius 3 is 2.88 bits per heavy atom. The number of carbonyl (C=O) groups excluding carboxylic acids is 1. The summed E-state index contributed by atoms with van der Waals surface area (Å²) in [6.45, 7) is 2.14. The maximum Gasteiger partial charge on any atom is 0.317 e. The topological polar surface area (TPSA) is 48.4 Å². The summed E-state index contributed by atoms with van der Waals surface area (Å²) in [5, 5.41) is 0. The predicted octanol–water partition coefficient (Wildman–Crippen LogP) is 1.39. The van der Waals surface area contributed by atoms with Gasteiger partial charge in [0.2, 0.25) is 5.88 Å². The van der Waals surface area contributed by atoms with Crippen molar-refractivity contribution < 1.29 is 14.3 Å². The minimum Gasteiger partial charge on any atom is -0.481 e. The van der Waals surface area contributed by atoms with Crippen LogP contribution in [0.4, 0.5) is 0 Å². The van der Waals surface area contributed by atoms with E-state index >= 15 is 0 Å². The maximum atomic E-state index is 11.0. The van der Waals surface area contributed by atoms with Crippen LogP contribution in [0.15, 0.2) is 18.3 Å². The second-order valence-corrected chi connectivity index (χ2v) is 2.87. The molecule has 0 unspecified atom stereocenters. The first kappa shape index (κ1) is 12.1. The Bertz CT molecular complexity index is 401. The van der Waals surface area contributed by atoms with Gasteiger partial charge in [-0.2, -0.15) is 0 Å². The molecule has 1 aromatic rings. The minimum atomic E-state index is -0.309. The van der Waals surface area contributed by atoms with Crippen LogP contribution in [0.3, 0.4) is 0 Å². The molecule has 0 saturated heterocycles. The third kappa shape index (κ3) is 4.01. The molecular formula is C12H13NO3. The van der Waals surface area contributed by atoms with E-state index in [0.29, 0.717) is 12.5 Å². The van der Waals surface area contributed by atoms with Crippen LogP contribution in [0.1, 0.15) is 18.9 Å². The molecular weight excluding hydrogens is 206 g/mol. The fourth-order valence-electron chi connectivity index (χ4n) is 1.01. The Labute approximate surface area is 94.6 Å². The first-order valence-electron chi connectivity index (χ1n) is 4.90. The maximum absolute atomic E-state index is 11.0. The molecule has 0 atom stereocenters. The first-order chi connectivity index (χ1) is 7.76. The van der Waals surface area contributed by atoms with Crippen molar-refractivity contribution >= 4 is 5.97 Å². The van der Waals surface area contributed by atoms with Crippen molar-refractivity contribution in [2.75, 3.05) is 13.7 Å². The van der Waals surface area contributed by atoms with Crippen molar-refractivity contribution in [2.45, 2.75) is 13.3 Å². The standard InChI is InChI=1S/C12H13NO3/c1-3-16-12(14)6-4-5-10-7-8-11(15-2)13-9-10/h7-9H,3,6H2,1-2H3. The number of rotatable bonds is 3. The van der Waals surface area contributed by atoms with Crippen LogP contribution in [-0.4, -0.2) is 24.7 Å². The van der Waals surface area contributed by atoms with E-state index in [-0.39, 0.29) is 12.4 Å². The molecule has 84 valence electrons. The summed E-state index contributed by atoms with van der Waals surface area (Å²) < 4.78 is 9.65. The van der Waals surface area contributed by atoms with Gasteiger partial charge in [-0.25, -0.2) is 4.98 Å². The summed E-state index contributed by atoms with van der Waals surface area (Å²) in [6.07, 6.45) is 1.69. The third-order valence-corrected chi connectivity index (χ3v) is 1.72. The highest BCUT2D eigenvalue weighted by Crippen LogP contribution is 2.05. The van der Waals surface area contributed by atoms with Crippen molar-refractivity contribution in [2.24, 2.45) is 0 Å². The summed E-state index contributed by atoms with van der Waals surface area (Å²) in [5.41, 5.74) is 0.741. The average Bonchev–Trinajstić information content (AvgIpc) is 2.30. The van der Waals surface area contributed by atoms with E-state index in [2.05, 4.69) is 16.8 Å². The van der Waals surface area contributed by atoms with Gasteiger partial charge in [-0.15, -0.1) is 0 Å². The van der Waals surface area contributed by atoms with E-state index in [1.165, 1.54) is 0 Å². The lowest BCUT2D eigenvalue weighted by molar-refractivity contribution is -0.141. The predicted molar refractivity (Wildman–Crippen MR) is 58.9 cm³/mol. The lowest BCUT2D eigenvalue weighted by Gasteiger charge is -1.96. The molecule has 16 heavy (non-hydrogen) atoms. The molecule has 1 aromatic heterocycles. The Morgan fingerprint density at radius 1 is 1.50 bits per heavy atom. The lowest BCUT2D eigenvalue weighted by Crippen LogP contribution is -2.01. The average molecular weight is 219 g/mol. The van der Waals surface area contributed by atoms with Gasteiger partial charge < -0.3 is 9.47 Å². The van der Waals surface area contributed by atoms with Crippen LogP contribution in [0.2, 0.25) is 0 Å². The lowest BCUT2D eigenvalue weighted by atomic mass is 10.3. The summed E-state index contributed by atoms with van der Waals surface area (Å²) >= 11 is 0. The molecule has 0 radical (unpaired) electrons. The van der Waals surface area contributed by atoms with Crippen molar-refractivity contribution in [3.63, 3.8) is 0 Å². The Morgan fingerprint density at radius 2 is 2.31 bits per heavy atom. The number of methoxy groups -OCH3 is 1. The largest absolute Gasteiger partial charge is 0.481 e. The summed E-state index contributed by atoms with van der Waals surface area (Å²) in [6, 6.07) is 3.50. The highest BCUT2D eigenvalue weighted by molar-refractivity contribution is 5.72. The van der Waals surface area contributed by atoms with Crippen molar-refractivity contribution in [3.8, 4) is 17.7 Å². The molecule has 4 heteroatoms. The molecule has 1 heterocycles. The molecule has 0 bridgehead atoms. The number of esters is 1. The molecule has 4 nitrogen and oxygen atoms in total. The zero-order valence-corrected chi connectivity index (χ0v) is 9.32. The molecule has 0 aromatic carbocycles. The van der Waals surface area contributed by atoms with Gasteiger partial charge in [0.1, 0.15) is 6.42 Å². The van der Waals surface area contributed by atoms with Crippen LogP contribution in [0.5, 0.6) is 5.88 Å². The molecule has 0 aliphatic rings. The molecule has 0 aliphatic carbocycles. The van der Waals surface area contributed by atoms with Crippen LogP contribution >= 0.6 is 0 Å². The SMILES string of the molecule is CCOC(=O)CC#Cc1ccc(OC)nc1. The monoisotopic (exact) mass is 219 g/mol. The van der Waals surface area contributed by atoms with Crippen molar-refractivity contribution in [1.29, 1.82) is 0 Å². The van der Waals surface area contributed by atoms with E-state index in [1.54, 1.807) is 32.4 Å². The Hall–Kier alpha value is -2.02. The minimum absolute atomic E-state index is 0.0971. The van der Waals surface area contributed by atoms with E-state index in [9.17, 15) is 4.79 Å². The van der Waals surface area contributed by atoms with E-state index < -0.39 is 0 Å². The van der Waals surface area contributed by atoms with Gasteiger partial charge in [0.15, 0.2) is 0 Å². The number of aromatic nitrogens is 1. The molecule has 1 rings (SSSR count). The van der Waals surface area contributed by atoms with E-state index in [4.69, 9.17) is 9.47 Å². The zero-order valence-electron chi connectivity index (χ0n) is 9.32. The van der Waals surface area contributed by atoms with Gasteiger partial charge in [0, 0.05) is 17.8 Å². The third-order valence-electron chi connectivity index (χ3n) is 1.72. The van der Waals surface area contributed by atoms with Gasteiger partial charge >= 0.3 is 5.97 Å². The quantitative estimate of drug-likeness (QED) is 0.569. The Balaban J connectivity index is 2.53. The number of hydrogen-bond donors (Lipinski definition) is 0. The van der Waals surface area contributed by atoms with Gasteiger partial charge in [0.05, 0.1) is 13.7 Å². The Kier molecular flexibility index (Phi) is 4.87.